The molecule has 2 amide bonds. The molecule has 0 spiro atoms. The van der Waals surface area contributed by atoms with Crippen LogP contribution in [0.15, 0.2) is 35.7 Å². The van der Waals surface area contributed by atoms with Gasteiger partial charge in [0.1, 0.15) is 0 Å². The molecule has 2 aliphatic heterocycles. The molecule has 1 saturated heterocycles. The molecule has 0 aliphatic carbocycles. The fourth-order valence-electron chi connectivity index (χ4n) is 4.22. The maximum Gasteiger partial charge on any atom is 0.309 e. The van der Waals surface area contributed by atoms with E-state index in [9.17, 15) is 9.59 Å². The minimum absolute atomic E-state index is 0.0413. The summed E-state index contributed by atoms with van der Waals surface area (Å²) in [6, 6.07) is 9.43. The van der Waals surface area contributed by atoms with Crippen molar-refractivity contribution in [1.82, 2.24) is 20.4 Å². The van der Waals surface area contributed by atoms with Crippen LogP contribution in [0.25, 0.3) is 0 Å². The van der Waals surface area contributed by atoms with E-state index in [4.69, 9.17) is 9.47 Å². The van der Waals surface area contributed by atoms with Crippen LogP contribution in [0, 0.1) is 0 Å². The lowest BCUT2D eigenvalue weighted by Gasteiger charge is -2.41. The van der Waals surface area contributed by atoms with Crippen LogP contribution < -0.4 is 20.1 Å². The Kier molecular flexibility index (Phi) is 7.29. The zero-order valence-corrected chi connectivity index (χ0v) is 19.3. The Bertz CT molecular complexity index is 928. The summed E-state index contributed by atoms with van der Waals surface area (Å²) in [7, 11) is 0. The van der Waals surface area contributed by atoms with Crippen molar-refractivity contribution in [3.05, 3.63) is 46.2 Å². The van der Waals surface area contributed by atoms with Crippen molar-refractivity contribution in [2.75, 3.05) is 39.5 Å². The summed E-state index contributed by atoms with van der Waals surface area (Å²) >= 11 is 1.68. The van der Waals surface area contributed by atoms with Gasteiger partial charge < -0.3 is 25.0 Å². The first-order valence-electron chi connectivity index (χ1n) is 11.0. The third kappa shape index (κ3) is 5.23. The van der Waals surface area contributed by atoms with Gasteiger partial charge in [0, 0.05) is 43.6 Å². The van der Waals surface area contributed by atoms with Gasteiger partial charge in [-0.15, -0.1) is 11.3 Å². The average molecular weight is 459 g/mol. The molecule has 1 fully saturated rings. The summed E-state index contributed by atoms with van der Waals surface area (Å²) in [6.07, 6.45) is 0. The molecule has 4 rings (SSSR count). The number of amides is 2. The van der Waals surface area contributed by atoms with Crippen molar-refractivity contribution in [3.8, 4) is 11.5 Å². The Morgan fingerprint density at radius 1 is 1.09 bits per heavy atom. The standard InChI is InChI=1S/C23H30N4O4S/c1-3-26-8-10-27(11-9-26)21(20-5-4-12-32-20)16(2)25-23(29)22(28)24-14-17-6-7-18-19(13-17)31-15-30-18/h4-7,12-13,16,21H,3,8-11,14-15H2,1-2H3,(H,24,28)(H,25,29)/t16-,21-/m0/s1. The lowest BCUT2D eigenvalue weighted by molar-refractivity contribution is -0.140. The number of piperazine rings is 1. The van der Waals surface area contributed by atoms with Crippen LogP contribution >= 0.6 is 11.3 Å². The predicted molar refractivity (Wildman–Crippen MR) is 123 cm³/mol. The van der Waals surface area contributed by atoms with E-state index < -0.39 is 11.8 Å². The number of likely N-dealkylation sites (N-methyl/N-ethyl adjacent to an activating group) is 1. The van der Waals surface area contributed by atoms with Gasteiger partial charge in [0.2, 0.25) is 6.79 Å². The molecule has 8 nitrogen and oxygen atoms in total. The van der Waals surface area contributed by atoms with Crippen molar-refractivity contribution in [3.63, 3.8) is 0 Å². The molecule has 0 unspecified atom stereocenters. The van der Waals surface area contributed by atoms with Gasteiger partial charge in [-0.3, -0.25) is 14.5 Å². The summed E-state index contributed by atoms with van der Waals surface area (Å²) in [5, 5.41) is 7.67. The highest BCUT2D eigenvalue weighted by Gasteiger charge is 2.31. The van der Waals surface area contributed by atoms with Crippen molar-refractivity contribution < 1.29 is 19.1 Å². The summed E-state index contributed by atoms with van der Waals surface area (Å²) in [6.45, 7) is 9.53. The van der Waals surface area contributed by atoms with E-state index in [2.05, 4.69) is 38.8 Å². The highest BCUT2D eigenvalue weighted by atomic mass is 32.1. The van der Waals surface area contributed by atoms with E-state index >= 15 is 0 Å². The average Bonchev–Trinajstić information content (AvgIpc) is 3.50. The molecule has 32 heavy (non-hydrogen) atoms. The van der Waals surface area contributed by atoms with Crippen LogP contribution in [0.1, 0.15) is 30.3 Å². The maximum absolute atomic E-state index is 12.6. The van der Waals surface area contributed by atoms with Crippen molar-refractivity contribution in [2.45, 2.75) is 32.5 Å². The summed E-state index contributed by atoms with van der Waals surface area (Å²) in [5.74, 6) is 0.0741. The van der Waals surface area contributed by atoms with Gasteiger partial charge in [0.25, 0.3) is 0 Å². The number of hydrogen-bond donors (Lipinski definition) is 2. The second kappa shape index (κ2) is 10.3. The van der Waals surface area contributed by atoms with Crippen molar-refractivity contribution in [2.24, 2.45) is 0 Å². The highest BCUT2D eigenvalue weighted by molar-refractivity contribution is 7.10. The van der Waals surface area contributed by atoms with E-state index in [-0.39, 0.29) is 25.4 Å². The molecule has 1 aromatic heterocycles. The van der Waals surface area contributed by atoms with Gasteiger partial charge in [-0.05, 0) is 42.6 Å². The molecular formula is C23H30N4O4S. The van der Waals surface area contributed by atoms with Crippen molar-refractivity contribution in [1.29, 1.82) is 0 Å². The SMILES string of the molecule is CCN1CCN([C@H](c2cccs2)[C@H](C)NC(=O)C(=O)NCc2ccc3c(c2)OCO3)CC1. The zero-order chi connectivity index (χ0) is 22.5. The summed E-state index contributed by atoms with van der Waals surface area (Å²) < 4.78 is 10.7. The van der Waals surface area contributed by atoms with Gasteiger partial charge in [-0.1, -0.05) is 19.1 Å². The maximum atomic E-state index is 12.6. The molecule has 9 heteroatoms. The van der Waals surface area contributed by atoms with Gasteiger partial charge >= 0.3 is 11.8 Å². The third-order valence-corrected chi connectivity index (χ3v) is 6.95. The Hall–Kier alpha value is -2.62. The van der Waals surface area contributed by atoms with E-state index in [1.165, 1.54) is 4.88 Å². The van der Waals surface area contributed by atoms with Crippen LogP contribution in [-0.2, 0) is 16.1 Å². The largest absolute Gasteiger partial charge is 0.454 e. The smallest absolute Gasteiger partial charge is 0.309 e. The van der Waals surface area contributed by atoms with Crippen LogP contribution in [0.3, 0.4) is 0 Å². The topological polar surface area (TPSA) is 83.1 Å². The molecule has 1 aromatic carbocycles. The minimum Gasteiger partial charge on any atom is -0.454 e. The minimum atomic E-state index is -0.643. The quantitative estimate of drug-likeness (QED) is 0.618. The molecule has 0 bridgehead atoms. The fourth-order valence-corrected chi connectivity index (χ4v) is 5.19. The van der Waals surface area contributed by atoms with Gasteiger partial charge in [0.15, 0.2) is 11.5 Å². The molecule has 0 saturated carbocycles. The van der Waals surface area contributed by atoms with Crippen LogP contribution in [0.5, 0.6) is 11.5 Å². The number of fused-ring (bicyclic) bond motifs is 1. The summed E-state index contributed by atoms with van der Waals surface area (Å²) in [4.78, 5) is 31.1. The second-order valence-electron chi connectivity index (χ2n) is 8.06. The number of thiophene rings is 1. The van der Waals surface area contributed by atoms with Crippen molar-refractivity contribution >= 4 is 23.2 Å². The number of carbonyl (C=O) groups excluding carboxylic acids is 2. The van der Waals surface area contributed by atoms with Gasteiger partial charge in [-0.2, -0.15) is 0 Å². The van der Waals surface area contributed by atoms with Crippen LogP contribution in [0.4, 0.5) is 0 Å². The second-order valence-corrected chi connectivity index (χ2v) is 9.04. The Labute approximate surface area is 192 Å². The Morgan fingerprint density at radius 2 is 1.88 bits per heavy atom. The number of carbonyl (C=O) groups is 2. The molecule has 2 atom stereocenters. The molecular weight excluding hydrogens is 428 g/mol. The number of rotatable bonds is 7. The first kappa shape index (κ1) is 22.6. The van der Waals surface area contributed by atoms with E-state index in [0.29, 0.717) is 11.5 Å². The monoisotopic (exact) mass is 458 g/mol. The molecule has 172 valence electrons. The lowest BCUT2D eigenvalue weighted by Crippen LogP contribution is -2.53. The first-order chi connectivity index (χ1) is 15.5. The fraction of sp³-hybridized carbons (Fsp3) is 0.478. The third-order valence-electron chi connectivity index (χ3n) is 6.01. The van der Waals surface area contributed by atoms with Crippen LogP contribution in [0.2, 0.25) is 0 Å². The van der Waals surface area contributed by atoms with E-state index in [1.54, 1.807) is 17.4 Å². The molecule has 0 radical (unpaired) electrons. The van der Waals surface area contributed by atoms with E-state index in [0.717, 1.165) is 38.3 Å². The predicted octanol–water partition coefficient (Wildman–Crippen LogP) is 1.98. The summed E-state index contributed by atoms with van der Waals surface area (Å²) in [5.41, 5.74) is 0.841. The number of hydrogen-bond acceptors (Lipinski definition) is 7. The normalized spacial score (nSPS) is 18.2. The highest BCUT2D eigenvalue weighted by Crippen LogP contribution is 2.32. The van der Waals surface area contributed by atoms with E-state index in [1.807, 2.05) is 25.1 Å². The number of nitrogens with zero attached hydrogens (tertiary/aromatic N) is 2. The lowest BCUT2D eigenvalue weighted by atomic mass is 10.0. The molecule has 2 aliphatic rings. The number of benzene rings is 1. The van der Waals surface area contributed by atoms with Crippen LogP contribution in [-0.4, -0.2) is 67.2 Å². The van der Waals surface area contributed by atoms with Gasteiger partial charge in [-0.25, -0.2) is 0 Å². The number of ether oxygens (including phenoxy) is 2. The molecule has 2 aromatic rings. The number of nitrogens with one attached hydrogen (secondary N) is 2. The Balaban J connectivity index is 1.34. The Morgan fingerprint density at radius 3 is 2.59 bits per heavy atom. The molecule has 2 N–H and O–H groups in total. The zero-order valence-electron chi connectivity index (χ0n) is 18.5. The first-order valence-corrected chi connectivity index (χ1v) is 11.9. The van der Waals surface area contributed by atoms with Gasteiger partial charge in [0.05, 0.1) is 6.04 Å². The molecule has 3 heterocycles.